The molecule has 3 unspecified atom stereocenters. The summed E-state index contributed by atoms with van der Waals surface area (Å²) in [7, 11) is 0. The van der Waals surface area contributed by atoms with E-state index in [9.17, 15) is 18.0 Å². The number of carbonyl (C=O) groups excluding carboxylic acids is 1. The van der Waals surface area contributed by atoms with Crippen LogP contribution in [0.15, 0.2) is 30.3 Å². The number of nitrogens with two attached hydrogens (primary N) is 1. The van der Waals surface area contributed by atoms with E-state index in [1.807, 2.05) is 6.07 Å². The Hall–Kier alpha value is -1.56. The summed E-state index contributed by atoms with van der Waals surface area (Å²) in [5, 5.41) is 2.35. The molecule has 0 bridgehead atoms. The molecule has 1 aromatic carbocycles. The Balaban J connectivity index is 2.59. The normalized spacial score (nSPS) is 16.3. The van der Waals surface area contributed by atoms with Crippen LogP contribution in [0.25, 0.3) is 0 Å². The van der Waals surface area contributed by atoms with Gasteiger partial charge >= 0.3 is 6.18 Å². The van der Waals surface area contributed by atoms with E-state index < -0.39 is 36.5 Å². The van der Waals surface area contributed by atoms with Gasteiger partial charge in [-0.05, 0) is 12.5 Å². The molecule has 0 aliphatic rings. The zero-order valence-corrected chi connectivity index (χ0v) is 11.4. The van der Waals surface area contributed by atoms with Crippen molar-refractivity contribution in [3.63, 3.8) is 0 Å². The van der Waals surface area contributed by atoms with Crippen molar-refractivity contribution in [1.29, 1.82) is 0 Å². The fraction of sp³-hybridized carbons (Fsp3) is 0.500. The summed E-state index contributed by atoms with van der Waals surface area (Å²) in [6.07, 6.45) is -5.34. The quantitative estimate of drug-likeness (QED) is 0.875. The third-order valence-electron chi connectivity index (χ3n) is 3.06. The van der Waals surface area contributed by atoms with Crippen molar-refractivity contribution < 1.29 is 18.0 Å². The second-order valence-electron chi connectivity index (χ2n) is 4.95. The van der Waals surface area contributed by atoms with Crippen molar-refractivity contribution in [3.05, 3.63) is 35.9 Å². The van der Waals surface area contributed by atoms with Crippen molar-refractivity contribution in [3.8, 4) is 0 Å². The largest absolute Gasteiger partial charge is 0.391 e. The lowest BCUT2D eigenvalue weighted by atomic mass is 9.94. The van der Waals surface area contributed by atoms with E-state index in [0.717, 1.165) is 5.56 Å². The van der Waals surface area contributed by atoms with Crippen molar-refractivity contribution in [2.75, 3.05) is 0 Å². The smallest absolute Gasteiger partial charge is 0.353 e. The molecule has 6 heteroatoms. The Morgan fingerprint density at radius 3 is 2.30 bits per heavy atom. The summed E-state index contributed by atoms with van der Waals surface area (Å²) in [6.45, 7) is 2.93. The first-order valence-corrected chi connectivity index (χ1v) is 6.38. The van der Waals surface area contributed by atoms with Crippen molar-refractivity contribution in [1.82, 2.24) is 5.32 Å². The van der Waals surface area contributed by atoms with E-state index in [0.29, 0.717) is 0 Å². The second kappa shape index (κ2) is 6.74. The third kappa shape index (κ3) is 5.21. The number of rotatable bonds is 5. The van der Waals surface area contributed by atoms with Gasteiger partial charge in [-0.2, -0.15) is 13.2 Å². The van der Waals surface area contributed by atoms with E-state index in [4.69, 9.17) is 5.73 Å². The lowest BCUT2D eigenvalue weighted by molar-refractivity contribution is -0.142. The number of alkyl halides is 3. The molecule has 0 fully saturated rings. The molecule has 0 saturated heterocycles. The first kappa shape index (κ1) is 16.5. The number of hydrogen-bond donors (Lipinski definition) is 2. The summed E-state index contributed by atoms with van der Waals surface area (Å²) in [4.78, 5) is 11.9. The average molecular weight is 288 g/mol. The van der Waals surface area contributed by atoms with Crippen molar-refractivity contribution in [2.45, 2.75) is 38.5 Å². The molecule has 3 atom stereocenters. The molecule has 0 aliphatic carbocycles. The van der Waals surface area contributed by atoms with Crippen LogP contribution in [-0.4, -0.2) is 18.1 Å². The van der Waals surface area contributed by atoms with Gasteiger partial charge in [-0.1, -0.05) is 37.3 Å². The fourth-order valence-corrected chi connectivity index (χ4v) is 1.90. The highest BCUT2D eigenvalue weighted by Gasteiger charge is 2.31. The van der Waals surface area contributed by atoms with Crippen LogP contribution in [0.1, 0.15) is 31.9 Å². The minimum absolute atomic E-state index is 0.474. The summed E-state index contributed by atoms with van der Waals surface area (Å²) in [6, 6.07) is 7.48. The molecule has 0 saturated carbocycles. The molecule has 20 heavy (non-hydrogen) atoms. The van der Waals surface area contributed by atoms with Gasteiger partial charge < -0.3 is 11.1 Å². The molecular weight excluding hydrogens is 269 g/mol. The van der Waals surface area contributed by atoms with Gasteiger partial charge in [-0.3, -0.25) is 4.79 Å². The molecule has 0 radical (unpaired) electrons. The number of hydrogen-bond acceptors (Lipinski definition) is 2. The highest BCUT2D eigenvalue weighted by Crippen LogP contribution is 2.23. The average Bonchev–Trinajstić information content (AvgIpc) is 2.35. The fourth-order valence-electron chi connectivity index (χ4n) is 1.90. The minimum Gasteiger partial charge on any atom is -0.353 e. The van der Waals surface area contributed by atoms with Crippen LogP contribution in [0.5, 0.6) is 0 Å². The number of nitrogens with one attached hydrogen (secondary N) is 1. The lowest BCUT2D eigenvalue weighted by Gasteiger charge is -2.23. The predicted octanol–water partition coefficient (Wildman–Crippen LogP) is 2.78. The molecule has 1 rings (SSSR count). The van der Waals surface area contributed by atoms with Crippen molar-refractivity contribution >= 4 is 5.91 Å². The molecule has 3 nitrogen and oxygen atoms in total. The van der Waals surface area contributed by atoms with E-state index in [1.54, 1.807) is 31.2 Å². The molecule has 0 aliphatic heterocycles. The van der Waals surface area contributed by atoms with Crippen molar-refractivity contribution in [2.24, 2.45) is 11.7 Å². The molecule has 3 N–H and O–H groups in total. The summed E-state index contributed by atoms with van der Waals surface area (Å²) >= 11 is 0. The van der Waals surface area contributed by atoms with Gasteiger partial charge in [0.1, 0.15) is 0 Å². The molecule has 0 spiro atoms. The van der Waals surface area contributed by atoms with Crippen LogP contribution >= 0.6 is 0 Å². The van der Waals surface area contributed by atoms with Crippen LogP contribution in [-0.2, 0) is 4.79 Å². The van der Waals surface area contributed by atoms with Gasteiger partial charge in [-0.25, -0.2) is 0 Å². The first-order chi connectivity index (χ1) is 9.20. The Labute approximate surface area is 116 Å². The predicted molar refractivity (Wildman–Crippen MR) is 70.8 cm³/mol. The molecule has 0 aromatic heterocycles. The van der Waals surface area contributed by atoms with Gasteiger partial charge in [0.15, 0.2) is 0 Å². The Bertz CT molecular complexity index is 434. The Morgan fingerprint density at radius 2 is 1.80 bits per heavy atom. The number of amides is 1. The lowest BCUT2D eigenvalue weighted by Crippen LogP contribution is -2.41. The number of halogens is 3. The maximum atomic E-state index is 12.2. The summed E-state index contributed by atoms with van der Waals surface area (Å²) in [5.74, 6) is -1.08. The second-order valence-corrected chi connectivity index (χ2v) is 4.95. The zero-order chi connectivity index (χ0) is 15.3. The monoisotopic (exact) mass is 288 g/mol. The SMILES string of the molecule is CC(CC(F)(F)F)NC(=O)C(C)C(N)c1ccccc1. The first-order valence-electron chi connectivity index (χ1n) is 6.38. The third-order valence-corrected chi connectivity index (χ3v) is 3.06. The Kier molecular flexibility index (Phi) is 5.56. The highest BCUT2D eigenvalue weighted by atomic mass is 19.4. The van der Waals surface area contributed by atoms with Crippen LogP contribution in [0.2, 0.25) is 0 Å². The van der Waals surface area contributed by atoms with Gasteiger partial charge in [-0.15, -0.1) is 0 Å². The molecular formula is C14H19F3N2O. The van der Waals surface area contributed by atoms with Gasteiger partial charge in [0.25, 0.3) is 0 Å². The van der Waals surface area contributed by atoms with E-state index in [2.05, 4.69) is 5.32 Å². The van der Waals surface area contributed by atoms with Crippen LogP contribution in [0.3, 0.4) is 0 Å². The van der Waals surface area contributed by atoms with Crippen LogP contribution in [0, 0.1) is 5.92 Å². The van der Waals surface area contributed by atoms with E-state index in [1.165, 1.54) is 6.92 Å². The van der Waals surface area contributed by atoms with Gasteiger partial charge in [0.2, 0.25) is 5.91 Å². The Morgan fingerprint density at radius 1 is 1.25 bits per heavy atom. The molecule has 1 aromatic rings. The maximum absolute atomic E-state index is 12.2. The standard InChI is InChI=1S/C14H19F3N2O/c1-9(8-14(15,16)17)19-13(20)10(2)12(18)11-6-4-3-5-7-11/h3-7,9-10,12H,8,18H2,1-2H3,(H,19,20). The zero-order valence-electron chi connectivity index (χ0n) is 11.4. The number of benzene rings is 1. The molecule has 112 valence electrons. The maximum Gasteiger partial charge on any atom is 0.391 e. The van der Waals surface area contributed by atoms with Gasteiger partial charge in [0, 0.05) is 12.1 Å². The topological polar surface area (TPSA) is 55.1 Å². The van der Waals surface area contributed by atoms with E-state index >= 15 is 0 Å². The summed E-state index contributed by atoms with van der Waals surface area (Å²) < 4.78 is 36.6. The number of carbonyl (C=O) groups is 1. The highest BCUT2D eigenvalue weighted by molar-refractivity contribution is 5.79. The van der Waals surface area contributed by atoms with E-state index in [-0.39, 0.29) is 0 Å². The minimum atomic E-state index is -4.29. The van der Waals surface area contributed by atoms with Gasteiger partial charge in [0.05, 0.1) is 12.3 Å². The molecule has 1 amide bonds. The van der Waals surface area contributed by atoms with Crippen LogP contribution < -0.4 is 11.1 Å². The van der Waals surface area contributed by atoms with Crippen LogP contribution in [0.4, 0.5) is 13.2 Å². The molecule has 0 heterocycles. The summed E-state index contributed by atoms with van der Waals surface area (Å²) in [5.41, 5.74) is 6.74.